The number of halogens is 1. The monoisotopic (exact) mass is 331 g/mol. The van der Waals surface area contributed by atoms with Gasteiger partial charge in [-0.1, -0.05) is 52.3 Å². The topological polar surface area (TPSA) is 53.5 Å². The van der Waals surface area contributed by atoms with E-state index in [-0.39, 0.29) is 12.5 Å². The molecule has 20 heavy (non-hydrogen) atoms. The van der Waals surface area contributed by atoms with Crippen molar-refractivity contribution in [1.29, 1.82) is 0 Å². The molecule has 0 aromatic heterocycles. The number of hydrazone groups is 1. The summed E-state index contributed by atoms with van der Waals surface area (Å²) in [5.41, 5.74) is 4.29. The molecule has 0 saturated heterocycles. The lowest BCUT2D eigenvalue weighted by Crippen LogP contribution is -2.25. The molecular weight excluding hydrogens is 318 g/mol. The van der Waals surface area contributed by atoms with Crippen LogP contribution in [-0.2, 0) is 4.79 Å². The van der Waals surface area contributed by atoms with Crippen LogP contribution in [0.3, 0.4) is 0 Å². The first kappa shape index (κ1) is 14.3. The number of amides is 1. The average Bonchev–Trinajstić information content (AvgIpc) is 2.46. The van der Waals surface area contributed by atoms with Crippen LogP contribution in [-0.4, -0.2) is 18.7 Å². The quantitative estimate of drug-likeness (QED) is 0.653. The molecule has 0 aliphatic heterocycles. The largest absolute Gasteiger partial charge is 0.376 e. The molecule has 0 saturated carbocycles. The van der Waals surface area contributed by atoms with Gasteiger partial charge in [-0.3, -0.25) is 4.79 Å². The minimum atomic E-state index is -0.197. The van der Waals surface area contributed by atoms with E-state index in [9.17, 15) is 4.79 Å². The molecule has 0 aliphatic carbocycles. The van der Waals surface area contributed by atoms with Crippen LogP contribution >= 0.6 is 15.9 Å². The van der Waals surface area contributed by atoms with E-state index in [2.05, 4.69) is 31.8 Å². The highest BCUT2D eigenvalue weighted by molar-refractivity contribution is 9.10. The minimum Gasteiger partial charge on any atom is -0.376 e. The third kappa shape index (κ3) is 4.85. The summed E-state index contributed by atoms with van der Waals surface area (Å²) in [7, 11) is 0. The third-order valence-corrected chi connectivity index (χ3v) is 2.97. The predicted molar refractivity (Wildman–Crippen MR) is 84.8 cm³/mol. The number of hydrogen-bond acceptors (Lipinski definition) is 3. The number of benzene rings is 2. The van der Waals surface area contributed by atoms with Crippen molar-refractivity contribution < 1.29 is 4.79 Å². The van der Waals surface area contributed by atoms with Crippen molar-refractivity contribution in [3.05, 3.63) is 64.6 Å². The zero-order chi connectivity index (χ0) is 14.2. The van der Waals surface area contributed by atoms with E-state index in [0.717, 1.165) is 15.7 Å². The number of rotatable bonds is 5. The van der Waals surface area contributed by atoms with Crippen LogP contribution in [0.2, 0.25) is 0 Å². The van der Waals surface area contributed by atoms with Crippen LogP contribution in [0.15, 0.2) is 64.2 Å². The van der Waals surface area contributed by atoms with E-state index < -0.39 is 0 Å². The van der Waals surface area contributed by atoms with Crippen molar-refractivity contribution in [3.63, 3.8) is 0 Å². The Morgan fingerprint density at radius 2 is 1.95 bits per heavy atom. The Bertz CT molecular complexity index is 599. The Labute approximate surface area is 126 Å². The Kier molecular flexibility index (Phi) is 5.32. The predicted octanol–water partition coefficient (Wildman–Crippen LogP) is 3.01. The number of nitrogens with zero attached hydrogens (tertiary/aromatic N) is 1. The highest BCUT2D eigenvalue weighted by atomic mass is 79.9. The summed E-state index contributed by atoms with van der Waals surface area (Å²) < 4.78 is 0.963. The fraction of sp³-hybridized carbons (Fsp3) is 0.0667. The van der Waals surface area contributed by atoms with Gasteiger partial charge in [-0.25, -0.2) is 5.43 Å². The second-order valence-electron chi connectivity index (χ2n) is 4.07. The van der Waals surface area contributed by atoms with E-state index in [1.807, 2.05) is 54.6 Å². The molecule has 0 bridgehead atoms. The molecule has 0 fully saturated rings. The Morgan fingerprint density at radius 3 is 2.70 bits per heavy atom. The van der Waals surface area contributed by atoms with Crippen LogP contribution in [0.5, 0.6) is 0 Å². The molecule has 2 aromatic carbocycles. The Balaban J connectivity index is 1.77. The van der Waals surface area contributed by atoms with Gasteiger partial charge < -0.3 is 5.32 Å². The molecule has 102 valence electrons. The lowest BCUT2D eigenvalue weighted by Gasteiger charge is -2.05. The van der Waals surface area contributed by atoms with Crippen molar-refractivity contribution in [1.82, 2.24) is 5.43 Å². The van der Waals surface area contributed by atoms with Crippen molar-refractivity contribution in [3.8, 4) is 0 Å². The van der Waals surface area contributed by atoms with Crippen molar-refractivity contribution >= 4 is 33.7 Å². The molecule has 0 atom stereocenters. The highest BCUT2D eigenvalue weighted by Gasteiger charge is 1.99. The van der Waals surface area contributed by atoms with Gasteiger partial charge in [-0.2, -0.15) is 5.10 Å². The summed E-state index contributed by atoms with van der Waals surface area (Å²) in [6.07, 6.45) is 1.61. The van der Waals surface area contributed by atoms with Crippen LogP contribution in [0.1, 0.15) is 5.56 Å². The standard InChI is InChI=1S/C15H14BrN3O/c16-13-7-4-8-14(9-13)17-11-15(20)19-18-10-12-5-2-1-3-6-12/h1-10,17H,11H2,(H,19,20)/b18-10+. The van der Waals surface area contributed by atoms with Gasteiger partial charge in [0.05, 0.1) is 12.8 Å². The molecule has 1 amide bonds. The molecule has 0 spiro atoms. The molecule has 0 radical (unpaired) electrons. The lowest BCUT2D eigenvalue weighted by atomic mass is 10.2. The first-order valence-electron chi connectivity index (χ1n) is 6.10. The number of carbonyl (C=O) groups is 1. The molecule has 2 rings (SSSR count). The van der Waals surface area contributed by atoms with Crippen molar-refractivity contribution in [2.24, 2.45) is 5.10 Å². The van der Waals surface area contributed by atoms with Gasteiger partial charge in [-0.05, 0) is 23.8 Å². The minimum absolute atomic E-state index is 0.169. The SMILES string of the molecule is O=C(CNc1cccc(Br)c1)N/N=C/c1ccccc1. The first-order chi connectivity index (χ1) is 9.74. The van der Waals surface area contributed by atoms with Gasteiger partial charge >= 0.3 is 0 Å². The molecule has 0 heterocycles. The number of nitrogens with one attached hydrogen (secondary N) is 2. The van der Waals surface area contributed by atoms with Gasteiger partial charge in [0.2, 0.25) is 0 Å². The maximum absolute atomic E-state index is 11.6. The van der Waals surface area contributed by atoms with Gasteiger partial charge in [0.25, 0.3) is 5.91 Å². The first-order valence-corrected chi connectivity index (χ1v) is 6.90. The summed E-state index contributed by atoms with van der Waals surface area (Å²) in [6, 6.07) is 17.2. The summed E-state index contributed by atoms with van der Waals surface area (Å²) >= 11 is 3.37. The zero-order valence-corrected chi connectivity index (χ0v) is 12.3. The van der Waals surface area contributed by atoms with E-state index in [4.69, 9.17) is 0 Å². The van der Waals surface area contributed by atoms with Crippen LogP contribution in [0.25, 0.3) is 0 Å². The van der Waals surface area contributed by atoms with E-state index in [1.54, 1.807) is 6.21 Å². The van der Waals surface area contributed by atoms with Crippen LogP contribution in [0, 0.1) is 0 Å². The number of carbonyl (C=O) groups excluding carboxylic acids is 1. The Hall–Kier alpha value is -2.14. The smallest absolute Gasteiger partial charge is 0.259 e. The summed E-state index contributed by atoms with van der Waals surface area (Å²) in [6.45, 7) is 0.169. The molecule has 2 N–H and O–H groups in total. The van der Waals surface area contributed by atoms with Gasteiger partial charge in [0.1, 0.15) is 0 Å². The third-order valence-electron chi connectivity index (χ3n) is 2.48. The van der Waals surface area contributed by atoms with Crippen molar-refractivity contribution in [2.45, 2.75) is 0 Å². The molecular formula is C15H14BrN3O. The summed E-state index contributed by atoms with van der Waals surface area (Å²) in [5.74, 6) is -0.197. The van der Waals surface area contributed by atoms with E-state index in [0.29, 0.717) is 0 Å². The van der Waals surface area contributed by atoms with Gasteiger partial charge in [-0.15, -0.1) is 0 Å². The maximum atomic E-state index is 11.6. The van der Waals surface area contributed by atoms with Gasteiger partial charge in [0, 0.05) is 10.2 Å². The normalized spacial score (nSPS) is 10.4. The molecule has 0 unspecified atom stereocenters. The fourth-order valence-electron chi connectivity index (χ4n) is 1.54. The lowest BCUT2D eigenvalue weighted by molar-refractivity contribution is -0.119. The summed E-state index contributed by atoms with van der Waals surface area (Å²) in [4.78, 5) is 11.6. The second kappa shape index (κ2) is 7.45. The molecule has 0 aliphatic rings. The maximum Gasteiger partial charge on any atom is 0.259 e. The van der Waals surface area contributed by atoms with Crippen molar-refractivity contribution in [2.75, 3.05) is 11.9 Å². The summed E-state index contributed by atoms with van der Waals surface area (Å²) in [5, 5.41) is 6.92. The molecule has 5 heteroatoms. The second-order valence-corrected chi connectivity index (χ2v) is 4.98. The molecule has 4 nitrogen and oxygen atoms in total. The highest BCUT2D eigenvalue weighted by Crippen LogP contribution is 2.15. The molecule has 2 aromatic rings. The number of hydrogen-bond donors (Lipinski definition) is 2. The average molecular weight is 332 g/mol. The van der Waals surface area contributed by atoms with E-state index >= 15 is 0 Å². The zero-order valence-electron chi connectivity index (χ0n) is 10.7. The Morgan fingerprint density at radius 1 is 1.15 bits per heavy atom. The fourth-order valence-corrected chi connectivity index (χ4v) is 1.94. The number of anilines is 1. The van der Waals surface area contributed by atoms with E-state index in [1.165, 1.54) is 0 Å². The van der Waals surface area contributed by atoms with Crippen LogP contribution < -0.4 is 10.7 Å². The van der Waals surface area contributed by atoms with Gasteiger partial charge in [0.15, 0.2) is 0 Å². The van der Waals surface area contributed by atoms with Crippen LogP contribution in [0.4, 0.5) is 5.69 Å².